The van der Waals surface area contributed by atoms with Gasteiger partial charge in [0.05, 0.1) is 12.7 Å². The Morgan fingerprint density at radius 2 is 1.81 bits per heavy atom. The molecule has 1 amide bonds. The standard InChI is InChI=1S/C21H18FNO3S/c1-3-13-8-10-14(11-9-13)16-12-27-20(18(16)21(25)26-2)23-19(24)15-6-4-5-7-17(15)22/h4-12H,3H2,1-2H3,(H,23,24). The Bertz CT molecular complexity index is 979. The van der Waals surface area contributed by atoms with Crippen molar-refractivity contribution in [3.63, 3.8) is 0 Å². The third-order valence-corrected chi connectivity index (χ3v) is 5.09. The number of ether oxygens (including phenoxy) is 1. The van der Waals surface area contributed by atoms with Crippen LogP contribution in [0.1, 0.15) is 33.2 Å². The third-order valence-electron chi connectivity index (χ3n) is 4.20. The normalized spacial score (nSPS) is 10.5. The highest BCUT2D eigenvalue weighted by Gasteiger charge is 2.23. The Morgan fingerprint density at radius 1 is 1.11 bits per heavy atom. The number of aryl methyl sites for hydroxylation is 1. The first-order chi connectivity index (χ1) is 13.0. The van der Waals surface area contributed by atoms with Gasteiger partial charge in [-0.1, -0.05) is 43.3 Å². The Hall–Kier alpha value is -2.99. The molecule has 6 heteroatoms. The maximum atomic E-state index is 13.9. The van der Waals surface area contributed by atoms with E-state index in [0.29, 0.717) is 10.6 Å². The molecule has 1 aromatic heterocycles. The largest absolute Gasteiger partial charge is 0.465 e. The smallest absolute Gasteiger partial charge is 0.341 e. The van der Waals surface area contributed by atoms with E-state index in [9.17, 15) is 14.0 Å². The number of hydrogen-bond donors (Lipinski definition) is 1. The highest BCUT2D eigenvalue weighted by Crippen LogP contribution is 2.36. The average Bonchev–Trinajstić information content (AvgIpc) is 3.11. The van der Waals surface area contributed by atoms with Crippen molar-refractivity contribution in [3.8, 4) is 11.1 Å². The highest BCUT2D eigenvalue weighted by atomic mass is 32.1. The quantitative estimate of drug-likeness (QED) is 0.620. The second kappa shape index (κ2) is 8.14. The van der Waals surface area contributed by atoms with Crippen molar-refractivity contribution < 1.29 is 18.7 Å². The van der Waals surface area contributed by atoms with E-state index in [-0.39, 0.29) is 11.1 Å². The molecule has 0 aliphatic rings. The summed E-state index contributed by atoms with van der Waals surface area (Å²) in [7, 11) is 1.28. The number of nitrogens with one attached hydrogen (secondary N) is 1. The van der Waals surface area contributed by atoms with E-state index >= 15 is 0 Å². The van der Waals surface area contributed by atoms with Gasteiger partial charge >= 0.3 is 5.97 Å². The van der Waals surface area contributed by atoms with Crippen molar-refractivity contribution in [3.05, 3.63) is 76.4 Å². The predicted octanol–water partition coefficient (Wildman–Crippen LogP) is 5.16. The van der Waals surface area contributed by atoms with Crippen LogP contribution in [0.3, 0.4) is 0 Å². The summed E-state index contributed by atoms with van der Waals surface area (Å²) in [6, 6.07) is 13.5. The first kappa shape index (κ1) is 18.8. The number of methoxy groups -OCH3 is 1. The molecule has 0 aliphatic carbocycles. The summed E-state index contributed by atoms with van der Waals surface area (Å²) in [5.41, 5.74) is 2.86. The van der Waals surface area contributed by atoms with Crippen LogP contribution in [0, 0.1) is 5.82 Å². The van der Waals surface area contributed by atoms with Gasteiger partial charge in [0.2, 0.25) is 0 Å². The fraction of sp³-hybridized carbons (Fsp3) is 0.143. The van der Waals surface area contributed by atoms with E-state index < -0.39 is 17.7 Å². The van der Waals surface area contributed by atoms with E-state index in [1.807, 2.05) is 24.3 Å². The van der Waals surface area contributed by atoms with Crippen molar-refractivity contribution in [1.82, 2.24) is 0 Å². The number of anilines is 1. The van der Waals surface area contributed by atoms with Gasteiger partial charge in [-0.2, -0.15) is 0 Å². The Labute approximate surface area is 160 Å². The Balaban J connectivity index is 1.98. The van der Waals surface area contributed by atoms with Crippen LogP contribution in [0.25, 0.3) is 11.1 Å². The predicted molar refractivity (Wildman–Crippen MR) is 105 cm³/mol. The maximum Gasteiger partial charge on any atom is 0.341 e. The highest BCUT2D eigenvalue weighted by molar-refractivity contribution is 7.15. The van der Waals surface area contributed by atoms with Crippen molar-refractivity contribution >= 4 is 28.2 Å². The minimum atomic E-state index is -0.624. The van der Waals surface area contributed by atoms with Gasteiger partial charge in [-0.05, 0) is 29.7 Å². The minimum absolute atomic E-state index is 0.0874. The van der Waals surface area contributed by atoms with Gasteiger partial charge in [0.15, 0.2) is 0 Å². The SMILES string of the molecule is CCc1ccc(-c2csc(NC(=O)c3ccccc3F)c2C(=O)OC)cc1. The molecule has 3 rings (SSSR count). The van der Waals surface area contributed by atoms with Crippen molar-refractivity contribution in [2.75, 3.05) is 12.4 Å². The molecule has 0 radical (unpaired) electrons. The number of hydrogen-bond acceptors (Lipinski definition) is 4. The van der Waals surface area contributed by atoms with E-state index in [1.165, 1.54) is 42.2 Å². The van der Waals surface area contributed by atoms with Crippen LogP contribution in [0.5, 0.6) is 0 Å². The van der Waals surface area contributed by atoms with E-state index in [4.69, 9.17) is 4.74 Å². The summed E-state index contributed by atoms with van der Waals surface area (Å²) >= 11 is 1.20. The van der Waals surface area contributed by atoms with Gasteiger partial charge in [0, 0.05) is 10.9 Å². The molecule has 4 nitrogen and oxygen atoms in total. The fourth-order valence-corrected chi connectivity index (χ4v) is 3.66. The van der Waals surface area contributed by atoms with Crippen LogP contribution in [0.4, 0.5) is 9.39 Å². The Kier molecular flexibility index (Phi) is 5.66. The van der Waals surface area contributed by atoms with Gasteiger partial charge in [-0.15, -0.1) is 11.3 Å². The summed E-state index contributed by atoms with van der Waals surface area (Å²) in [5.74, 6) is -1.80. The van der Waals surface area contributed by atoms with Gasteiger partial charge in [0.1, 0.15) is 16.4 Å². The van der Waals surface area contributed by atoms with Crippen LogP contribution >= 0.6 is 11.3 Å². The number of rotatable bonds is 5. The lowest BCUT2D eigenvalue weighted by Gasteiger charge is -2.08. The van der Waals surface area contributed by atoms with Crippen LogP contribution in [0.15, 0.2) is 53.9 Å². The monoisotopic (exact) mass is 383 g/mol. The summed E-state index contributed by atoms with van der Waals surface area (Å²) in [6.07, 6.45) is 0.914. The second-order valence-electron chi connectivity index (χ2n) is 5.83. The van der Waals surface area contributed by atoms with Crippen LogP contribution in [0.2, 0.25) is 0 Å². The number of esters is 1. The molecule has 0 atom stereocenters. The molecule has 0 spiro atoms. The van der Waals surface area contributed by atoms with Crippen LogP contribution in [-0.4, -0.2) is 19.0 Å². The van der Waals surface area contributed by atoms with E-state index in [2.05, 4.69) is 12.2 Å². The molecule has 0 saturated heterocycles. The topological polar surface area (TPSA) is 55.4 Å². The zero-order valence-electron chi connectivity index (χ0n) is 14.9. The molecule has 3 aromatic rings. The summed E-state index contributed by atoms with van der Waals surface area (Å²) in [4.78, 5) is 24.8. The van der Waals surface area contributed by atoms with Gasteiger partial charge in [-0.3, -0.25) is 4.79 Å². The lowest BCUT2D eigenvalue weighted by atomic mass is 10.0. The zero-order valence-corrected chi connectivity index (χ0v) is 15.7. The summed E-state index contributed by atoms with van der Waals surface area (Å²) in [6.45, 7) is 2.07. The zero-order chi connectivity index (χ0) is 19.4. The maximum absolute atomic E-state index is 13.9. The number of benzene rings is 2. The lowest BCUT2D eigenvalue weighted by molar-refractivity contribution is 0.0603. The minimum Gasteiger partial charge on any atom is -0.465 e. The average molecular weight is 383 g/mol. The third kappa shape index (κ3) is 3.90. The number of carbonyl (C=O) groups excluding carboxylic acids is 2. The lowest BCUT2D eigenvalue weighted by Crippen LogP contribution is -2.15. The molecule has 0 bridgehead atoms. The summed E-state index contributed by atoms with van der Waals surface area (Å²) in [5, 5.41) is 4.74. The van der Waals surface area contributed by atoms with Gasteiger partial charge in [-0.25, -0.2) is 9.18 Å². The summed E-state index contributed by atoms with van der Waals surface area (Å²) < 4.78 is 18.8. The number of amides is 1. The van der Waals surface area contributed by atoms with Crippen molar-refractivity contribution in [1.29, 1.82) is 0 Å². The fourth-order valence-electron chi connectivity index (χ4n) is 2.70. The first-order valence-electron chi connectivity index (χ1n) is 8.40. The first-order valence-corrected chi connectivity index (χ1v) is 9.28. The molecular weight excluding hydrogens is 365 g/mol. The second-order valence-corrected chi connectivity index (χ2v) is 6.71. The molecule has 0 aliphatic heterocycles. The van der Waals surface area contributed by atoms with Crippen molar-refractivity contribution in [2.45, 2.75) is 13.3 Å². The molecule has 1 heterocycles. The molecule has 2 aromatic carbocycles. The van der Waals surface area contributed by atoms with Crippen molar-refractivity contribution in [2.24, 2.45) is 0 Å². The van der Waals surface area contributed by atoms with E-state index in [1.54, 1.807) is 11.4 Å². The van der Waals surface area contributed by atoms with Crippen LogP contribution < -0.4 is 5.32 Å². The van der Waals surface area contributed by atoms with Crippen LogP contribution in [-0.2, 0) is 11.2 Å². The molecular formula is C21H18FNO3S. The number of halogens is 1. The van der Waals surface area contributed by atoms with Gasteiger partial charge in [0.25, 0.3) is 5.91 Å². The Morgan fingerprint density at radius 3 is 2.44 bits per heavy atom. The molecule has 138 valence electrons. The molecule has 1 N–H and O–H groups in total. The molecule has 0 unspecified atom stereocenters. The number of carbonyl (C=O) groups is 2. The van der Waals surface area contributed by atoms with E-state index in [0.717, 1.165) is 12.0 Å². The van der Waals surface area contributed by atoms with Gasteiger partial charge < -0.3 is 10.1 Å². The molecule has 0 saturated carbocycles. The molecule has 27 heavy (non-hydrogen) atoms. The molecule has 0 fully saturated rings. The number of thiophene rings is 1.